The lowest BCUT2D eigenvalue weighted by Gasteiger charge is -2.14. The summed E-state index contributed by atoms with van der Waals surface area (Å²) in [6.45, 7) is 6.23. The third kappa shape index (κ3) is 5.35. The van der Waals surface area contributed by atoms with Gasteiger partial charge in [-0.25, -0.2) is 0 Å². The van der Waals surface area contributed by atoms with Gasteiger partial charge in [0.05, 0.1) is 15.6 Å². The molecule has 1 fully saturated rings. The number of benzene rings is 1. The molecule has 20 heavy (non-hydrogen) atoms. The SMILES string of the molecule is CC(C)NCc1cc(Br)c(OCOCC2CC2)c(Br)c1. The number of ether oxygens (including phenoxy) is 2. The predicted octanol–water partition coefficient (Wildman–Crippen LogP) is 4.47. The molecule has 2 rings (SSSR count). The fourth-order valence-electron chi connectivity index (χ4n) is 1.77. The van der Waals surface area contributed by atoms with Crippen LogP contribution in [0.3, 0.4) is 0 Å². The Kier molecular flexibility index (Phi) is 6.33. The summed E-state index contributed by atoms with van der Waals surface area (Å²) < 4.78 is 13.1. The molecule has 0 unspecified atom stereocenters. The molecule has 0 atom stereocenters. The summed E-state index contributed by atoms with van der Waals surface area (Å²) >= 11 is 7.12. The highest BCUT2D eigenvalue weighted by atomic mass is 79.9. The van der Waals surface area contributed by atoms with Gasteiger partial charge in [-0.3, -0.25) is 0 Å². The Morgan fingerprint density at radius 2 is 1.90 bits per heavy atom. The van der Waals surface area contributed by atoms with Gasteiger partial charge in [0.25, 0.3) is 0 Å². The zero-order chi connectivity index (χ0) is 14.5. The Hall–Kier alpha value is -0.100. The molecule has 0 saturated heterocycles. The molecule has 3 nitrogen and oxygen atoms in total. The number of hydrogen-bond acceptors (Lipinski definition) is 3. The van der Waals surface area contributed by atoms with E-state index in [9.17, 15) is 0 Å². The normalized spacial score (nSPS) is 14.8. The van der Waals surface area contributed by atoms with Crippen LogP contribution in [0.2, 0.25) is 0 Å². The van der Waals surface area contributed by atoms with Crippen molar-refractivity contribution >= 4 is 31.9 Å². The Morgan fingerprint density at radius 1 is 1.25 bits per heavy atom. The van der Waals surface area contributed by atoms with Crippen LogP contribution in [0, 0.1) is 5.92 Å². The Morgan fingerprint density at radius 3 is 2.45 bits per heavy atom. The maximum Gasteiger partial charge on any atom is 0.189 e. The van der Waals surface area contributed by atoms with Gasteiger partial charge in [0, 0.05) is 12.6 Å². The highest BCUT2D eigenvalue weighted by Crippen LogP contribution is 2.35. The van der Waals surface area contributed by atoms with E-state index in [1.807, 2.05) is 0 Å². The highest BCUT2D eigenvalue weighted by Gasteiger charge is 2.21. The monoisotopic (exact) mass is 405 g/mol. The predicted molar refractivity (Wildman–Crippen MR) is 88.0 cm³/mol. The van der Waals surface area contributed by atoms with Crippen LogP contribution in [0.4, 0.5) is 0 Å². The first kappa shape index (κ1) is 16.3. The molecule has 5 heteroatoms. The molecule has 1 saturated carbocycles. The third-order valence-electron chi connectivity index (χ3n) is 3.11. The standard InChI is InChI=1S/C15H21Br2NO2/c1-10(2)18-7-12-5-13(16)15(14(17)6-12)20-9-19-8-11-3-4-11/h5-6,10-11,18H,3-4,7-9H2,1-2H3. The van der Waals surface area contributed by atoms with Gasteiger partial charge in [-0.1, -0.05) is 13.8 Å². The second kappa shape index (κ2) is 7.78. The van der Waals surface area contributed by atoms with Crippen molar-refractivity contribution in [2.45, 2.75) is 39.3 Å². The van der Waals surface area contributed by atoms with Gasteiger partial charge in [0.1, 0.15) is 0 Å². The molecule has 0 heterocycles. The first-order chi connectivity index (χ1) is 9.56. The number of halogens is 2. The molecule has 0 spiro atoms. The van der Waals surface area contributed by atoms with Gasteiger partial charge in [0.15, 0.2) is 12.5 Å². The molecule has 1 aromatic carbocycles. The van der Waals surface area contributed by atoms with Crippen LogP contribution in [0.25, 0.3) is 0 Å². The largest absolute Gasteiger partial charge is 0.465 e. The van der Waals surface area contributed by atoms with Gasteiger partial charge < -0.3 is 14.8 Å². The molecule has 112 valence electrons. The topological polar surface area (TPSA) is 30.5 Å². The van der Waals surface area contributed by atoms with E-state index in [4.69, 9.17) is 9.47 Å². The number of nitrogens with one attached hydrogen (secondary N) is 1. The van der Waals surface area contributed by atoms with E-state index in [0.29, 0.717) is 12.8 Å². The van der Waals surface area contributed by atoms with E-state index in [1.165, 1.54) is 18.4 Å². The van der Waals surface area contributed by atoms with Crippen LogP contribution in [0.5, 0.6) is 5.75 Å². The van der Waals surface area contributed by atoms with Crippen LogP contribution in [0.1, 0.15) is 32.3 Å². The summed E-state index contributed by atoms with van der Waals surface area (Å²) in [5.74, 6) is 1.56. The third-order valence-corrected chi connectivity index (χ3v) is 4.29. The second-order valence-electron chi connectivity index (χ2n) is 5.50. The summed E-state index contributed by atoms with van der Waals surface area (Å²) in [6.07, 6.45) is 2.59. The van der Waals surface area contributed by atoms with E-state index in [-0.39, 0.29) is 0 Å². The maximum absolute atomic E-state index is 5.69. The fraction of sp³-hybridized carbons (Fsp3) is 0.600. The first-order valence-corrected chi connectivity index (χ1v) is 8.56. The summed E-state index contributed by atoms with van der Waals surface area (Å²) in [4.78, 5) is 0. The lowest BCUT2D eigenvalue weighted by atomic mass is 10.2. The lowest BCUT2D eigenvalue weighted by molar-refractivity contribution is 0.00913. The molecule has 0 amide bonds. The highest BCUT2D eigenvalue weighted by molar-refractivity contribution is 9.11. The van der Waals surface area contributed by atoms with Crippen molar-refractivity contribution in [1.29, 1.82) is 0 Å². The van der Waals surface area contributed by atoms with E-state index < -0.39 is 0 Å². The van der Waals surface area contributed by atoms with Gasteiger partial charge in [-0.05, 0) is 68.3 Å². The molecule has 1 aliphatic carbocycles. The van der Waals surface area contributed by atoms with Crippen molar-refractivity contribution in [3.05, 3.63) is 26.6 Å². The molecular weight excluding hydrogens is 386 g/mol. The summed E-state index contributed by atoms with van der Waals surface area (Å²) in [5.41, 5.74) is 1.21. The summed E-state index contributed by atoms with van der Waals surface area (Å²) in [7, 11) is 0. The Labute approximate surface area is 137 Å². The Balaban J connectivity index is 1.87. The van der Waals surface area contributed by atoms with E-state index in [1.54, 1.807) is 0 Å². The van der Waals surface area contributed by atoms with E-state index in [0.717, 1.165) is 33.8 Å². The number of hydrogen-bond donors (Lipinski definition) is 1. The molecule has 0 aromatic heterocycles. The second-order valence-corrected chi connectivity index (χ2v) is 7.21. The first-order valence-electron chi connectivity index (χ1n) is 6.98. The van der Waals surface area contributed by atoms with Crippen molar-refractivity contribution in [2.75, 3.05) is 13.4 Å². The van der Waals surface area contributed by atoms with Crippen molar-refractivity contribution in [3.63, 3.8) is 0 Å². The van der Waals surface area contributed by atoms with Crippen LogP contribution in [-0.4, -0.2) is 19.4 Å². The van der Waals surface area contributed by atoms with Gasteiger partial charge in [0.2, 0.25) is 0 Å². The summed E-state index contributed by atoms with van der Waals surface area (Å²) in [6, 6.07) is 4.63. The molecule has 1 aliphatic rings. The summed E-state index contributed by atoms with van der Waals surface area (Å²) in [5, 5.41) is 3.40. The van der Waals surface area contributed by atoms with Crippen molar-refractivity contribution in [1.82, 2.24) is 5.32 Å². The molecule has 0 bridgehead atoms. The van der Waals surface area contributed by atoms with Crippen LogP contribution in [0.15, 0.2) is 21.1 Å². The van der Waals surface area contributed by atoms with Gasteiger partial charge in [-0.15, -0.1) is 0 Å². The minimum atomic E-state index is 0.303. The average molecular weight is 407 g/mol. The lowest BCUT2D eigenvalue weighted by Crippen LogP contribution is -2.21. The quantitative estimate of drug-likeness (QED) is 0.510. The molecule has 1 N–H and O–H groups in total. The zero-order valence-electron chi connectivity index (χ0n) is 11.9. The van der Waals surface area contributed by atoms with Gasteiger partial charge >= 0.3 is 0 Å². The van der Waals surface area contributed by atoms with Crippen molar-refractivity contribution in [2.24, 2.45) is 5.92 Å². The van der Waals surface area contributed by atoms with Crippen molar-refractivity contribution < 1.29 is 9.47 Å². The molecular formula is C15H21Br2NO2. The minimum absolute atomic E-state index is 0.303. The van der Waals surface area contributed by atoms with Crippen LogP contribution < -0.4 is 10.1 Å². The average Bonchev–Trinajstić information content (AvgIpc) is 3.18. The van der Waals surface area contributed by atoms with Crippen LogP contribution in [-0.2, 0) is 11.3 Å². The zero-order valence-corrected chi connectivity index (χ0v) is 15.1. The molecule has 1 aromatic rings. The minimum Gasteiger partial charge on any atom is -0.465 e. The fourth-order valence-corrected chi connectivity index (χ4v) is 3.28. The Bertz CT molecular complexity index is 424. The van der Waals surface area contributed by atoms with Crippen molar-refractivity contribution in [3.8, 4) is 5.75 Å². The number of rotatable bonds is 8. The smallest absolute Gasteiger partial charge is 0.189 e. The van der Waals surface area contributed by atoms with Crippen LogP contribution >= 0.6 is 31.9 Å². The van der Waals surface area contributed by atoms with Gasteiger partial charge in [-0.2, -0.15) is 0 Å². The molecule has 0 radical (unpaired) electrons. The van der Waals surface area contributed by atoms with E-state index >= 15 is 0 Å². The maximum atomic E-state index is 5.69. The van der Waals surface area contributed by atoms with E-state index in [2.05, 4.69) is 63.2 Å². The molecule has 0 aliphatic heterocycles.